The van der Waals surface area contributed by atoms with Crippen molar-refractivity contribution in [3.8, 4) is 0 Å². The summed E-state index contributed by atoms with van der Waals surface area (Å²) in [5.41, 5.74) is 1.67. The zero-order valence-corrected chi connectivity index (χ0v) is 19.2. The highest BCUT2D eigenvalue weighted by molar-refractivity contribution is 7.19. The van der Waals surface area contributed by atoms with E-state index in [2.05, 4.69) is 55.3 Å². The standard InChI is InChI=1S/C25H27N5OS/c1-17-7-3-5-9-21(17)25(31)26-18(2)24-28-27-23-11-12-29(13-14-30(23)24)16-20-15-19-8-4-6-10-22(19)32-20/h3-10,15,18H,11-14,16H2,1-2H3,(H,26,31)/t18-/m1/s1. The van der Waals surface area contributed by atoms with E-state index in [-0.39, 0.29) is 11.9 Å². The van der Waals surface area contributed by atoms with E-state index in [9.17, 15) is 4.79 Å². The number of hydrogen-bond donors (Lipinski definition) is 1. The second kappa shape index (κ2) is 8.84. The molecular weight excluding hydrogens is 418 g/mol. The molecule has 0 bridgehead atoms. The molecule has 164 valence electrons. The molecule has 0 spiro atoms. The van der Waals surface area contributed by atoms with E-state index < -0.39 is 0 Å². The van der Waals surface area contributed by atoms with Gasteiger partial charge in [-0.3, -0.25) is 9.69 Å². The van der Waals surface area contributed by atoms with Crippen molar-refractivity contribution in [1.29, 1.82) is 0 Å². The lowest BCUT2D eigenvalue weighted by Crippen LogP contribution is -2.30. The number of nitrogens with one attached hydrogen (secondary N) is 1. The molecule has 2 aromatic heterocycles. The van der Waals surface area contributed by atoms with Gasteiger partial charge in [-0.1, -0.05) is 36.4 Å². The molecule has 5 rings (SSSR count). The summed E-state index contributed by atoms with van der Waals surface area (Å²) in [4.78, 5) is 16.6. The number of hydrogen-bond acceptors (Lipinski definition) is 5. The Morgan fingerprint density at radius 1 is 1.09 bits per heavy atom. The predicted octanol–water partition coefficient (Wildman–Crippen LogP) is 4.35. The highest BCUT2D eigenvalue weighted by Gasteiger charge is 2.23. The number of nitrogens with zero attached hydrogens (tertiary/aromatic N) is 4. The first-order valence-corrected chi connectivity index (χ1v) is 11.9. The van der Waals surface area contributed by atoms with Gasteiger partial charge >= 0.3 is 0 Å². The smallest absolute Gasteiger partial charge is 0.252 e. The van der Waals surface area contributed by atoms with Crippen molar-refractivity contribution < 1.29 is 4.79 Å². The largest absolute Gasteiger partial charge is 0.342 e. The van der Waals surface area contributed by atoms with Gasteiger partial charge < -0.3 is 9.88 Å². The molecule has 0 unspecified atom stereocenters. The molecule has 0 aliphatic carbocycles. The Bertz CT molecular complexity index is 1230. The monoisotopic (exact) mass is 445 g/mol. The van der Waals surface area contributed by atoms with Crippen LogP contribution in [0.1, 0.15) is 45.4 Å². The van der Waals surface area contributed by atoms with Crippen LogP contribution in [0.5, 0.6) is 0 Å². The Kier molecular flexibility index (Phi) is 5.76. The lowest BCUT2D eigenvalue weighted by Gasteiger charge is -2.19. The number of rotatable bonds is 5. The van der Waals surface area contributed by atoms with Crippen LogP contribution in [-0.4, -0.2) is 38.7 Å². The van der Waals surface area contributed by atoms with Gasteiger partial charge in [0, 0.05) is 47.7 Å². The van der Waals surface area contributed by atoms with Crippen molar-refractivity contribution in [3.05, 3.63) is 82.3 Å². The molecule has 1 amide bonds. The summed E-state index contributed by atoms with van der Waals surface area (Å²) in [6.07, 6.45) is 0.857. The molecule has 2 aromatic carbocycles. The maximum absolute atomic E-state index is 12.8. The van der Waals surface area contributed by atoms with Crippen LogP contribution in [0.15, 0.2) is 54.6 Å². The van der Waals surface area contributed by atoms with Crippen LogP contribution >= 0.6 is 11.3 Å². The lowest BCUT2D eigenvalue weighted by atomic mass is 10.1. The summed E-state index contributed by atoms with van der Waals surface area (Å²) in [5.74, 6) is 1.74. The van der Waals surface area contributed by atoms with Gasteiger partial charge in [-0.15, -0.1) is 21.5 Å². The van der Waals surface area contributed by atoms with Gasteiger partial charge in [0.15, 0.2) is 5.82 Å². The first kappa shape index (κ1) is 20.8. The number of aryl methyl sites for hydroxylation is 1. The van der Waals surface area contributed by atoms with Crippen LogP contribution < -0.4 is 5.32 Å². The Morgan fingerprint density at radius 3 is 2.75 bits per heavy atom. The first-order chi connectivity index (χ1) is 15.6. The van der Waals surface area contributed by atoms with Crippen LogP contribution in [0.25, 0.3) is 10.1 Å². The normalized spacial score (nSPS) is 15.3. The maximum atomic E-state index is 12.8. The van der Waals surface area contributed by atoms with Crippen LogP contribution in [0.4, 0.5) is 0 Å². The molecule has 1 atom stereocenters. The van der Waals surface area contributed by atoms with E-state index >= 15 is 0 Å². The van der Waals surface area contributed by atoms with E-state index in [1.54, 1.807) is 0 Å². The molecule has 7 heteroatoms. The van der Waals surface area contributed by atoms with Gasteiger partial charge in [0.25, 0.3) is 5.91 Å². The van der Waals surface area contributed by atoms with E-state index in [1.807, 2.05) is 49.4 Å². The van der Waals surface area contributed by atoms with Gasteiger partial charge in [0.2, 0.25) is 0 Å². The molecule has 3 heterocycles. The molecule has 4 aromatic rings. The SMILES string of the molecule is Cc1ccccc1C(=O)N[C@H](C)c1nnc2n1CCN(Cc1cc3ccccc3s1)CC2. The second-order valence-electron chi connectivity index (χ2n) is 8.41. The van der Waals surface area contributed by atoms with Crippen LogP contribution in [-0.2, 0) is 19.5 Å². The predicted molar refractivity (Wildman–Crippen MR) is 128 cm³/mol. The molecule has 0 saturated heterocycles. The fraction of sp³-hybridized carbons (Fsp3) is 0.320. The fourth-order valence-electron chi connectivity index (χ4n) is 4.37. The molecule has 32 heavy (non-hydrogen) atoms. The second-order valence-corrected chi connectivity index (χ2v) is 9.58. The van der Waals surface area contributed by atoms with Gasteiger partial charge in [-0.25, -0.2) is 0 Å². The third-order valence-corrected chi connectivity index (χ3v) is 7.23. The average Bonchev–Trinajstić information content (AvgIpc) is 3.33. The summed E-state index contributed by atoms with van der Waals surface area (Å²) < 4.78 is 3.53. The highest BCUT2D eigenvalue weighted by atomic mass is 32.1. The molecule has 1 aliphatic rings. The number of benzene rings is 2. The average molecular weight is 446 g/mol. The van der Waals surface area contributed by atoms with Crippen molar-refractivity contribution in [2.75, 3.05) is 13.1 Å². The summed E-state index contributed by atoms with van der Waals surface area (Å²) in [6.45, 7) is 7.60. The number of amides is 1. The molecule has 6 nitrogen and oxygen atoms in total. The molecule has 0 radical (unpaired) electrons. The number of aromatic nitrogens is 3. The zero-order chi connectivity index (χ0) is 22.1. The van der Waals surface area contributed by atoms with Crippen molar-refractivity contribution in [1.82, 2.24) is 25.0 Å². The Labute approximate surface area is 191 Å². The molecule has 1 aliphatic heterocycles. The van der Waals surface area contributed by atoms with Gasteiger partial charge in [-0.05, 0) is 43.0 Å². The van der Waals surface area contributed by atoms with Gasteiger partial charge in [0.05, 0.1) is 6.04 Å². The number of fused-ring (bicyclic) bond motifs is 2. The maximum Gasteiger partial charge on any atom is 0.252 e. The third-order valence-electron chi connectivity index (χ3n) is 6.13. The molecular formula is C25H27N5OS. The van der Waals surface area contributed by atoms with Crippen molar-refractivity contribution in [2.24, 2.45) is 0 Å². The van der Waals surface area contributed by atoms with Gasteiger partial charge in [0.1, 0.15) is 5.82 Å². The minimum atomic E-state index is -0.211. The topological polar surface area (TPSA) is 63.1 Å². The van der Waals surface area contributed by atoms with Crippen LogP contribution in [0.2, 0.25) is 0 Å². The van der Waals surface area contributed by atoms with Crippen molar-refractivity contribution >= 4 is 27.3 Å². The summed E-state index contributed by atoms with van der Waals surface area (Å²) in [5, 5.41) is 13.3. The third kappa shape index (κ3) is 4.18. The Hall–Kier alpha value is -3.03. The zero-order valence-electron chi connectivity index (χ0n) is 18.4. The first-order valence-electron chi connectivity index (χ1n) is 11.1. The van der Waals surface area contributed by atoms with Crippen LogP contribution in [0, 0.1) is 6.92 Å². The van der Waals surface area contributed by atoms with E-state index in [1.165, 1.54) is 15.0 Å². The fourth-order valence-corrected chi connectivity index (χ4v) is 5.48. The molecule has 0 saturated carbocycles. The minimum Gasteiger partial charge on any atom is -0.342 e. The van der Waals surface area contributed by atoms with Crippen LogP contribution in [0.3, 0.4) is 0 Å². The molecule has 1 N–H and O–H groups in total. The van der Waals surface area contributed by atoms with Gasteiger partial charge in [-0.2, -0.15) is 0 Å². The Balaban J connectivity index is 1.26. The quantitative estimate of drug-likeness (QED) is 0.496. The lowest BCUT2D eigenvalue weighted by molar-refractivity contribution is 0.0937. The number of carbonyl (C=O) groups is 1. The summed E-state index contributed by atoms with van der Waals surface area (Å²) in [7, 11) is 0. The Morgan fingerprint density at radius 2 is 1.91 bits per heavy atom. The van der Waals surface area contributed by atoms with Crippen molar-refractivity contribution in [2.45, 2.75) is 39.4 Å². The van der Waals surface area contributed by atoms with E-state index in [0.717, 1.165) is 49.8 Å². The van der Waals surface area contributed by atoms with E-state index in [4.69, 9.17) is 0 Å². The van der Waals surface area contributed by atoms with Crippen molar-refractivity contribution in [3.63, 3.8) is 0 Å². The highest BCUT2D eigenvalue weighted by Crippen LogP contribution is 2.27. The van der Waals surface area contributed by atoms with E-state index in [0.29, 0.717) is 5.56 Å². The number of thiophene rings is 1. The minimum absolute atomic E-state index is 0.0760. The molecule has 0 fully saturated rings. The summed E-state index contributed by atoms with van der Waals surface area (Å²) in [6, 6.07) is 18.3. The summed E-state index contributed by atoms with van der Waals surface area (Å²) >= 11 is 1.87. The number of carbonyl (C=O) groups excluding carboxylic acids is 1.